The lowest BCUT2D eigenvalue weighted by Crippen LogP contribution is -2.46. The molecule has 1 aromatic carbocycles. The predicted octanol–water partition coefficient (Wildman–Crippen LogP) is 2.56. The molecule has 0 aliphatic rings. The quantitative estimate of drug-likeness (QED) is 0.884. The van der Waals surface area contributed by atoms with Gasteiger partial charge in [-0.05, 0) is 31.0 Å². The Kier molecular flexibility index (Phi) is 4.94. The normalized spacial score (nSPS) is 10.7. The number of nitriles is 1. The highest BCUT2D eigenvalue weighted by Gasteiger charge is 2.28. The third-order valence-electron chi connectivity index (χ3n) is 3.40. The minimum Gasteiger partial charge on any atom is -0.378 e. The molecule has 0 heterocycles. The summed E-state index contributed by atoms with van der Waals surface area (Å²) in [5.74, 6) is -0.200. The largest absolute Gasteiger partial charge is 0.378 e. The molecule has 0 radical (unpaired) electrons. The van der Waals surface area contributed by atoms with Crippen molar-refractivity contribution in [2.75, 3.05) is 19.0 Å². The molecule has 0 atom stereocenters. The first-order chi connectivity index (χ1) is 8.98. The number of carbonyl (C=O) groups excluding carboxylic acids is 1. The van der Waals surface area contributed by atoms with Crippen molar-refractivity contribution in [3.63, 3.8) is 0 Å². The standard InChI is InChI=1S/C15H21N3O/c1-5-15(6-2,11-16)17-14(19)12-8-7-9-13(10-12)18(3)4/h7-10H,5-6H2,1-4H3,(H,17,19). The lowest BCUT2D eigenvalue weighted by molar-refractivity contribution is 0.0915. The van der Waals surface area contributed by atoms with Gasteiger partial charge in [0.2, 0.25) is 0 Å². The molecular formula is C15H21N3O. The van der Waals surface area contributed by atoms with Crippen molar-refractivity contribution < 1.29 is 4.79 Å². The van der Waals surface area contributed by atoms with Crippen LogP contribution in [0.2, 0.25) is 0 Å². The number of anilines is 1. The van der Waals surface area contributed by atoms with Crippen LogP contribution in [0.1, 0.15) is 37.0 Å². The predicted molar refractivity (Wildman–Crippen MR) is 77.2 cm³/mol. The molecule has 4 heteroatoms. The zero-order valence-electron chi connectivity index (χ0n) is 12.0. The van der Waals surface area contributed by atoms with Crippen LogP contribution in [0, 0.1) is 11.3 Å². The van der Waals surface area contributed by atoms with Gasteiger partial charge in [0.1, 0.15) is 5.54 Å². The molecule has 1 N–H and O–H groups in total. The van der Waals surface area contributed by atoms with Crippen LogP contribution >= 0.6 is 0 Å². The minimum absolute atomic E-state index is 0.200. The molecule has 0 saturated carbocycles. The van der Waals surface area contributed by atoms with Gasteiger partial charge in [0.05, 0.1) is 6.07 Å². The molecule has 1 amide bonds. The summed E-state index contributed by atoms with van der Waals surface area (Å²) in [5, 5.41) is 12.1. The van der Waals surface area contributed by atoms with Crippen LogP contribution in [0.25, 0.3) is 0 Å². The van der Waals surface area contributed by atoms with Crippen molar-refractivity contribution in [2.45, 2.75) is 32.2 Å². The summed E-state index contributed by atoms with van der Waals surface area (Å²) in [6, 6.07) is 9.57. The second-order valence-corrected chi connectivity index (χ2v) is 4.80. The van der Waals surface area contributed by atoms with E-state index in [2.05, 4.69) is 11.4 Å². The van der Waals surface area contributed by atoms with E-state index in [0.29, 0.717) is 18.4 Å². The average Bonchev–Trinajstić information content (AvgIpc) is 2.45. The van der Waals surface area contributed by atoms with E-state index in [0.717, 1.165) is 5.69 Å². The van der Waals surface area contributed by atoms with Gasteiger partial charge in [-0.15, -0.1) is 0 Å². The van der Waals surface area contributed by atoms with E-state index in [9.17, 15) is 10.1 Å². The Balaban J connectivity index is 2.96. The van der Waals surface area contributed by atoms with E-state index in [1.54, 1.807) is 6.07 Å². The van der Waals surface area contributed by atoms with Crippen molar-refractivity contribution in [3.8, 4) is 6.07 Å². The topological polar surface area (TPSA) is 56.1 Å². The summed E-state index contributed by atoms with van der Waals surface area (Å²) in [6.45, 7) is 3.81. The molecule has 0 aliphatic heterocycles. The lowest BCUT2D eigenvalue weighted by atomic mass is 9.94. The van der Waals surface area contributed by atoms with Gasteiger partial charge in [-0.2, -0.15) is 5.26 Å². The number of amides is 1. The van der Waals surface area contributed by atoms with Gasteiger partial charge in [0, 0.05) is 25.3 Å². The highest BCUT2D eigenvalue weighted by molar-refractivity contribution is 5.95. The maximum Gasteiger partial charge on any atom is 0.252 e. The lowest BCUT2D eigenvalue weighted by Gasteiger charge is -2.25. The number of nitrogens with zero attached hydrogens (tertiary/aromatic N) is 2. The molecule has 0 fully saturated rings. The van der Waals surface area contributed by atoms with Crippen LogP contribution in [0.15, 0.2) is 24.3 Å². The number of carbonyl (C=O) groups is 1. The molecule has 19 heavy (non-hydrogen) atoms. The highest BCUT2D eigenvalue weighted by Crippen LogP contribution is 2.17. The van der Waals surface area contributed by atoms with Gasteiger partial charge in [0.15, 0.2) is 0 Å². The monoisotopic (exact) mass is 259 g/mol. The van der Waals surface area contributed by atoms with Crippen molar-refractivity contribution >= 4 is 11.6 Å². The fourth-order valence-corrected chi connectivity index (χ4v) is 1.83. The van der Waals surface area contributed by atoms with E-state index < -0.39 is 5.54 Å². The number of hydrogen-bond acceptors (Lipinski definition) is 3. The van der Waals surface area contributed by atoms with Crippen LogP contribution in [0.5, 0.6) is 0 Å². The minimum atomic E-state index is -0.773. The Morgan fingerprint density at radius 2 is 2.00 bits per heavy atom. The van der Waals surface area contributed by atoms with Gasteiger partial charge in [-0.1, -0.05) is 19.9 Å². The van der Waals surface area contributed by atoms with Crippen LogP contribution < -0.4 is 10.2 Å². The molecule has 0 unspecified atom stereocenters. The number of hydrogen-bond donors (Lipinski definition) is 1. The maximum atomic E-state index is 12.2. The molecule has 0 aliphatic carbocycles. The van der Waals surface area contributed by atoms with E-state index in [1.165, 1.54) is 0 Å². The molecule has 1 aromatic rings. The molecule has 0 spiro atoms. The first kappa shape index (κ1) is 15.0. The first-order valence-electron chi connectivity index (χ1n) is 6.49. The smallest absolute Gasteiger partial charge is 0.252 e. The molecule has 0 aromatic heterocycles. The first-order valence-corrected chi connectivity index (χ1v) is 6.49. The molecule has 4 nitrogen and oxygen atoms in total. The summed E-state index contributed by atoms with van der Waals surface area (Å²) in [7, 11) is 3.85. The van der Waals surface area contributed by atoms with Gasteiger partial charge in [-0.25, -0.2) is 0 Å². The maximum absolute atomic E-state index is 12.2. The van der Waals surface area contributed by atoms with Gasteiger partial charge in [0.25, 0.3) is 5.91 Å². The summed E-state index contributed by atoms with van der Waals surface area (Å²) in [6.07, 6.45) is 1.19. The Morgan fingerprint density at radius 1 is 1.37 bits per heavy atom. The number of nitrogens with one attached hydrogen (secondary N) is 1. The average molecular weight is 259 g/mol. The van der Waals surface area contributed by atoms with E-state index in [1.807, 2.05) is 51.0 Å². The van der Waals surface area contributed by atoms with E-state index in [4.69, 9.17) is 0 Å². The van der Waals surface area contributed by atoms with Crippen molar-refractivity contribution in [1.82, 2.24) is 5.32 Å². The van der Waals surface area contributed by atoms with Gasteiger partial charge in [-0.3, -0.25) is 4.79 Å². The highest BCUT2D eigenvalue weighted by atomic mass is 16.1. The zero-order chi connectivity index (χ0) is 14.5. The number of benzene rings is 1. The van der Waals surface area contributed by atoms with Crippen molar-refractivity contribution in [3.05, 3.63) is 29.8 Å². The summed E-state index contributed by atoms with van der Waals surface area (Å²) in [5.41, 5.74) is 0.765. The SMILES string of the molecule is CCC(C#N)(CC)NC(=O)c1cccc(N(C)C)c1. The van der Waals surface area contributed by atoms with Crippen LogP contribution in [0.4, 0.5) is 5.69 Å². The molecule has 102 valence electrons. The third kappa shape index (κ3) is 3.47. The fraction of sp³-hybridized carbons (Fsp3) is 0.467. The van der Waals surface area contributed by atoms with Crippen molar-refractivity contribution in [1.29, 1.82) is 5.26 Å². The van der Waals surface area contributed by atoms with Crippen LogP contribution in [-0.4, -0.2) is 25.5 Å². The van der Waals surface area contributed by atoms with Gasteiger partial charge < -0.3 is 10.2 Å². The Bertz CT molecular complexity index is 484. The van der Waals surface area contributed by atoms with Gasteiger partial charge >= 0.3 is 0 Å². The fourth-order valence-electron chi connectivity index (χ4n) is 1.83. The number of rotatable bonds is 5. The zero-order valence-corrected chi connectivity index (χ0v) is 12.0. The molecular weight excluding hydrogens is 238 g/mol. The van der Waals surface area contributed by atoms with E-state index in [-0.39, 0.29) is 5.91 Å². The van der Waals surface area contributed by atoms with Crippen molar-refractivity contribution in [2.24, 2.45) is 0 Å². The van der Waals surface area contributed by atoms with E-state index >= 15 is 0 Å². The Labute approximate surface area is 115 Å². The summed E-state index contributed by atoms with van der Waals surface area (Å²) < 4.78 is 0. The second-order valence-electron chi connectivity index (χ2n) is 4.80. The molecule has 0 saturated heterocycles. The summed E-state index contributed by atoms with van der Waals surface area (Å²) >= 11 is 0. The van der Waals surface area contributed by atoms with Crippen LogP contribution in [-0.2, 0) is 0 Å². The Morgan fingerprint density at radius 3 is 2.47 bits per heavy atom. The Hall–Kier alpha value is -2.02. The summed E-state index contributed by atoms with van der Waals surface area (Å²) in [4.78, 5) is 14.2. The third-order valence-corrected chi connectivity index (χ3v) is 3.40. The molecule has 1 rings (SSSR count). The molecule has 0 bridgehead atoms. The second kappa shape index (κ2) is 6.24. The van der Waals surface area contributed by atoms with Crippen LogP contribution in [0.3, 0.4) is 0 Å².